The number of hydrogen-bond acceptors (Lipinski definition) is 4. The van der Waals surface area contributed by atoms with Crippen LogP contribution in [0.15, 0.2) is 18.5 Å². The largest absolute Gasteiger partial charge is 0.381 e. The molecule has 2 amide bonds. The van der Waals surface area contributed by atoms with Crippen molar-refractivity contribution in [1.29, 1.82) is 0 Å². The number of pyridine rings is 1. The highest BCUT2D eigenvalue weighted by molar-refractivity contribution is 5.91. The van der Waals surface area contributed by atoms with Gasteiger partial charge in [0.2, 0.25) is 0 Å². The Morgan fingerprint density at radius 2 is 2.24 bits per heavy atom. The van der Waals surface area contributed by atoms with Crippen LogP contribution in [0.2, 0.25) is 0 Å². The second-order valence-electron chi connectivity index (χ2n) is 7.36. The summed E-state index contributed by atoms with van der Waals surface area (Å²) in [6.07, 6.45) is 6.74. The number of aromatic nitrogens is 3. The molecule has 0 spiro atoms. The number of amides is 2. The van der Waals surface area contributed by atoms with E-state index in [-0.39, 0.29) is 12.1 Å². The van der Waals surface area contributed by atoms with Gasteiger partial charge in [0.15, 0.2) is 5.65 Å². The number of rotatable bonds is 5. The first kappa shape index (κ1) is 16.3. The fourth-order valence-electron chi connectivity index (χ4n) is 3.37. The molecule has 4 rings (SSSR count). The highest BCUT2D eigenvalue weighted by atomic mass is 16.5. The Bertz CT molecular complexity index is 762. The number of carbonyl (C=O) groups excluding carboxylic acids is 1. The van der Waals surface area contributed by atoms with E-state index in [4.69, 9.17) is 4.74 Å². The Labute approximate surface area is 147 Å². The third kappa shape index (κ3) is 3.46. The van der Waals surface area contributed by atoms with Gasteiger partial charge in [-0.2, -0.15) is 5.10 Å². The molecule has 0 bridgehead atoms. The summed E-state index contributed by atoms with van der Waals surface area (Å²) in [5.41, 5.74) is 1.56. The Kier molecular flexibility index (Phi) is 4.33. The maximum atomic E-state index is 12.8. The van der Waals surface area contributed by atoms with Crippen LogP contribution < -0.4 is 5.32 Å². The van der Waals surface area contributed by atoms with Gasteiger partial charge in [0.25, 0.3) is 0 Å². The smallest absolute Gasteiger partial charge is 0.322 e. The van der Waals surface area contributed by atoms with Crippen LogP contribution in [0, 0.1) is 5.92 Å². The summed E-state index contributed by atoms with van der Waals surface area (Å²) in [4.78, 5) is 19.2. The first-order valence-electron chi connectivity index (χ1n) is 9.10. The minimum Gasteiger partial charge on any atom is -0.381 e. The van der Waals surface area contributed by atoms with E-state index < -0.39 is 0 Å². The number of nitrogens with zero attached hydrogens (tertiary/aromatic N) is 4. The van der Waals surface area contributed by atoms with Gasteiger partial charge in [-0.15, -0.1) is 0 Å². The van der Waals surface area contributed by atoms with E-state index in [1.54, 1.807) is 12.4 Å². The maximum Gasteiger partial charge on any atom is 0.322 e. The molecule has 1 aliphatic carbocycles. The van der Waals surface area contributed by atoms with Gasteiger partial charge in [-0.05, 0) is 39.2 Å². The molecule has 7 nitrogen and oxygen atoms in total. The highest BCUT2D eigenvalue weighted by Crippen LogP contribution is 2.30. The van der Waals surface area contributed by atoms with E-state index in [1.165, 1.54) is 0 Å². The van der Waals surface area contributed by atoms with Crippen LogP contribution >= 0.6 is 0 Å². The maximum absolute atomic E-state index is 12.8. The first-order valence-corrected chi connectivity index (χ1v) is 9.10. The van der Waals surface area contributed by atoms with Crippen molar-refractivity contribution in [3.05, 3.63) is 18.5 Å². The van der Waals surface area contributed by atoms with E-state index >= 15 is 0 Å². The molecular formula is C18H25N5O2. The van der Waals surface area contributed by atoms with Crippen LogP contribution in [0.1, 0.15) is 39.2 Å². The fourth-order valence-corrected chi connectivity index (χ4v) is 3.37. The predicted octanol–water partition coefficient (Wildman–Crippen LogP) is 3.05. The van der Waals surface area contributed by atoms with E-state index in [0.717, 1.165) is 50.1 Å². The van der Waals surface area contributed by atoms with Crippen molar-refractivity contribution in [2.45, 2.75) is 45.2 Å². The molecule has 0 radical (unpaired) electrons. The Morgan fingerprint density at radius 1 is 1.40 bits per heavy atom. The van der Waals surface area contributed by atoms with Crippen molar-refractivity contribution in [2.75, 3.05) is 25.1 Å². The number of hydrogen-bond donors (Lipinski definition) is 1. The van der Waals surface area contributed by atoms with Crippen molar-refractivity contribution in [1.82, 2.24) is 19.7 Å². The summed E-state index contributed by atoms with van der Waals surface area (Å²) in [6.45, 7) is 6.50. The SMILES string of the molecule is CC(C)n1ncc2cc(NC(=O)N(C[C@@H]3CCOC3)C3CC3)cnc21. The van der Waals surface area contributed by atoms with Crippen LogP contribution in [0.25, 0.3) is 11.0 Å². The normalized spacial score (nSPS) is 20.4. The lowest BCUT2D eigenvalue weighted by Gasteiger charge is -2.25. The van der Waals surface area contributed by atoms with E-state index in [2.05, 4.69) is 29.2 Å². The monoisotopic (exact) mass is 343 g/mol. The average Bonchev–Trinajstić information content (AvgIpc) is 3.12. The number of carbonyl (C=O) groups is 1. The van der Waals surface area contributed by atoms with Crippen molar-refractivity contribution >= 4 is 22.8 Å². The van der Waals surface area contributed by atoms with Gasteiger partial charge in [-0.25, -0.2) is 14.5 Å². The molecule has 134 valence electrons. The lowest BCUT2D eigenvalue weighted by Crippen LogP contribution is -2.40. The highest BCUT2D eigenvalue weighted by Gasteiger charge is 2.35. The van der Waals surface area contributed by atoms with Crippen molar-refractivity contribution in [3.63, 3.8) is 0 Å². The van der Waals surface area contributed by atoms with Crippen LogP contribution in [-0.2, 0) is 4.74 Å². The number of anilines is 1. The summed E-state index contributed by atoms with van der Waals surface area (Å²) in [5, 5.41) is 8.33. The fraction of sp³-hybridized carbons (Fsp3) is 0.611. The molecule has 2 aromatic rings. The van der Waals surface area contributed by atoms with Crippen molar-refractivity contribution in [3.8, 4) is 0 Å². The second kappa shape index (κ2) is 6.63. The molecular weight excluding hydrogens is 318 g/mol. The zero-order chi connectivity index (χ0) is 17.4. The number of nitrogens with one attached hydrogen (secondary N) is 1. The lowest BCUT2D eigenvalue weighted by atomic mass is 10.1. The molecule has 7 heteroatoms. The van der Waals surface area contributed by atoms with E-state index in [9.17, 15) is 4.79 Å². The van der Waals surface area contributed by atoms with Gasteiger partial charge in [-0.1, -0.05) is 0 Å². The van der Waals surface area contributed by atoms with Crippen LogP contribution in [0.4, 0.5) is 10.5 Å². The molecule has 1 N–H and O–H groups in total. The number of fused-ring (bicyclic) bond motifs is 1. The van der Waals surface area contributed by atoms with Crippen LogP contribution in [-0.4, -0.2) is 51.5 Å². The van der Waals surface area contributed by atoms with Gasteiger partial charge >= 0.3 is 6.03 Å². The molecule has 0 aromatic carbocycles. The Balaban J connectivity index is 1.48. The van der Waals surface area contributed by atoms with E-state index in [0.29, 0.717) is 17.6 Å². The topological polar surface area (TPSA) is 72.3 Å². The standard InChI is InChI=1S/C18H25N5O2/c1-12(2)23-17-14(8-20-23)7-15(9-19-17)21-18(24)22(16-3-4-16)10-13-5-6-25-11-13/h7-9,12-13,16H,3-6,10-11H2,1-2H3,(H,21,24)/t13-/m0/s1. The molecule has 25 heavy (non-hydrogen) atoms. The zero-order valence-corrected chi connectivity index (χ0v) is 14.8. The molecule has 1 atom stereocenters. The summed E-state index contributed by atoms with van der Waals surface area (Å²) in [6, 6.07) is 2.53. The Morgan fingerprint density at radius 3 is 2.92 bits per heavy atom. The quantitative estimate of drug-likeness (QED) is 0.906. The Hall–Kier alpha value is -2.15. The van der Waals surface area contributed by atoms with Crippen LogP contribution in [0.3, 0.4) is 0 Å². The van der Waals surface area contributed by atoms with Crippen molar-refractivity contribution < 1.29 is 9.53 Å². The summed E-state index contributed by atoms with van der Waals surface area (Å²) in [7, 11) is 0. The lowest BCUT2D eigenvalue weighted by molar-refractivity contribution is 0.167. The predicted molar refractivity (Wildman–Crippen MR) is 95.6 cm³/mol. The summed E-state index contributed by atoms with van der Waals surface area (Å²) >= 11 is 0. The molecule has 2 fully saturated rings. The van der Waals surface area contributed by atoms with Crippen LogP contribution in [0.5, 0.6) is 0 Å². The third-order valence-electron chi connectivity index (χ3n) is 4.90. The second-order valence-corrected chi connectivity index (χ2v) is 7.36. The van der Waals surface area contributed by atoms with Gasteiger partial charge in [0, 0.05) is 36.5 Å². The minimum atomic E-state index is -0.0354. The minimum absolute atomic E-state index is 0.0354. The van der Waals surface area contributed by atoms with Gasteiger partial charge in [0.1, 0.15) is 0 Å². The third-order valence-corrected chi connectivity index (χ3v) is 4.90. The molecule has 1 saturated heterocycles. The number of urea groups is 1. The van der Waals surface area contributed by atoms with Gasteiger partial charge in [-0.3, -0.25) is 0 Å². The van der Waals surface area contributed by atoms with E-state index in [1.807, 2.05) is 15.6 Å². The molecule has 3 heterocycles. The van der Waals surface area contributed by atoms with Gasteiger partial charge < -0.3 is 15.0 Å². The van der Waals surface area contributed by atoms with Crippen molar-refractivity contribution in [2.24, 2.45) is 5.92 Å². The molecule has 1 aliphatic heterocycles. The summed E-state index contributed by atoms with van der Waals surface area (Å²) < 4.78 is 7.33. The molecule has 1 saturated carbocycles. The average molecular weight is 343 g/mol. The first-order chi connectivity index (χ1) is 12.1. The van der Waals surface area contributed by atoms with Gasteiger partial charge in [0.05, 0.1) is 24.7 Å². The summed E-state index contributed by atoms with van der Waals surface area (Å²) in [5.74, 6) is 0.455. The number of ether oxygens (including phenoxy) is 1. The molecule has 2 aromatic heterocycles. The molecule has 0 unspecified atom stereocenters. The molecule has 2 aliphatic rings. The zero-order valence-electron chi connectivity index (χ0n) is 14.8.